The van der Waals surface area contributed by atoms with Crippen molar-refractivity contribution in [2.75, 3.05) is 6.61 Å². The molecule has 1 aliphatic heterocycles. The van der Waals surface area contributed by atoms with Gasteiger partial charge in [-0.3, -0.25) is 4.79 Å². The monoisotopic (exact) mass is 368 g/mol. The van der Waals surface area contributed by atoms with E-state index in [1.807, 2.05) is 48.5 Å². The van der Waals surface area contributed by atoms with E-state index in [0.29, 0.717) is 26.2 Å². The van der Waals surface area contributed by atoms with Crippen LogP contribution in [0.4, 0.5) is 0 Å². The number of hydrogen-bond donors (Lipinski definition) is 0. The molecule has 0 amide bonds. The Kier molecular flexibility index (Phi) is 7.57. The van der Waals surface area contributed by atoms with Gasteiger partial charge in [-0.05, 0) is 30.9 Å². The van der Waals surface area contributed by atoms with Crippen LogP contribution in [-0.2, 0) is 32.2 Å². The topological polar surface area (TPSA) is 44.8 Å². The Morgan fingerprint density at radius 1 is 0.963 bits per heavy atom. The molecule has 3 atom stereocenters. The van der Waals surface area contributed by atoms with Crippen molar-refractivity contribution < 1.29 is 19.0 Å². The van der Waals surface area contributed by atoms with Crippen molar-refractivity contribution in [3.63, 3.8) is 0 Å². The highest BCUT2D eigenvalue weighted by molar-refractivity contribution is 5.75. The van der Waals surface area contributed by atoms with Gasteiger partial charge in [-0.25, -0.2) is 0 Å². The van der Waals surface area contributed by atoms with Crippen LogP contribution in [0.15, 0.2) is 60.7 Å². The first kappa shape index (κ1) is 19.7. The van der Waals surface area contributed by atoms with Crippen LogP contribution in [0.2, 0.25) is 0 Å². The first-order valence-corrected chi connectivity index (χ1v) is 9.63. The number of carbonyl (C=O) groups is 1. The van der Waals surface area contributed by atoms with Crippen molar-refractivity contribution in [3.8, 4) is 0 Å². The Morgan fingerprint density at radius 3 is 2.22 bits per heavy atom. The lowest BCUT2D eigenvalue weighted by molar-refractivity contribution is -0.169. The molecule has 0 bridgehead atoms. The summed E-state index contributed by atoms with van der Waals surface area (Å²) in [6, 6.07) is 20.2. The van der Waals surface area contributed by atoms with Crippen LogP contribution in [-0.4, -0.2) is 30.7 Å². The van der Waals surface area contributed by atoms with E-state index >= 15 is 0 Å². The molecule has 27 heavy (non-hydrogen) atoms. The molecule has 2 aromatic rings. The molecule has 0 saturated carbocycles. The first-order chi connectivity index (χ1) is 13.2. The van der Waals surface area contributed by atoms with E-state index in [2.05, 4.69) is 12.1 Å². The third-order valence-electron chi connectivity index (χ3n) is 4.77. The SMILES string of the molecule is CC(=O)C[C@H]1CC[C@H](OCc2ccccc2)[C@@H](COCc2ccccc2)O1. The van der Waals surface area contributed by atoms with Crippen LogP contribution in [0.1, 0.15) is 37.3 Å². The second-order valence-electron chi connectivity index (χ2n) is 7.12. The van der Waals surface area contributed by atoms with Crippen molar-refractivity contribution in [1.29, 1.82) is 0 Å². The highest BCUT2D eigenvalue weighted by Crippen LogP contribution is 2.26. The van der Waals surface area contributed by atoms with Gasteiger partial charge in [0, 0.05) is 6.42 Å². The largest absolute Gasteiger partial charge is 0.374 e. The van der Waals surface area contributed by atoms with Crippen molar-refractivity contribution in [1.82, 2.24) is 0 Å². The molecule has 4 heteroatoms. The lowest BCUT2D eigenvalue weighted by atomic mass is 9.98. The molecule has 0 aliphatic carbocycles. The number of carbonyl (C=O) groups excluding carboxylic acids is 1. The molecule has 2 aromatic carbocycles. The van der Waals surface area contributed by atoms with E-state index in [1.54, 1.807) is 6.92 Å². The molecule has 4 nitrogen and oxygen atoms in total. The van der Waals surface area contributed by atoms with Gasteiger partial charge in [0.1, 0.15) is 11.9 Å². The van der Waals surface area contributed by atoms with Crippen molar-refractivity contribution in [3.05, 3.63) is 71.8 Å². The molecule has 0 N–H and O–H groups in total. The Bertz CT molecular complexity index is 686. The van der Waals surface area contributed by atoms with Gasteiger partial charge in [0.25, 0.3) is 0 Å². The summed E-state index contributed by atoms with van der Waals surface area (Å²) in [5, 5.41) is 0. The highest BCUT2D eigenvalue weighted by atomic mass is 16.6. The van der Waals surface area contributed by atoms with Gasteiger partial charge in [-0.1, -0.05) is 60.7 Å². The standard InChI is InChI=1S/C23H28O4/c1-18(24)14-21-12-13-22(26-16-20-10-6-3-7-11-20)23(27-21)17-25-15-19-8-4-2-5-9-19/h2-11,21-23H,12-17H2,1H3/t21-,22+,23-/m1/s1. The molecule has 1 fully saturated rings. The second kappa shape index (κ2) is 10.4. The Balaban J connectivity index is 1.55. The van der Waals surface area contributed by atoms with Gasteiger partial charge in [0.2, 0.25) is 0 Å². The number of ether oxygens (including phenoxy) is 3. The summed E-state index contributed by atoms with van der Waals surface area (Å²) in [7, 11) is 0. The van der Waals surface area contributed by atoms with E-state index in [9.17, 15) is 4.79 Å². The number of hydrogen-bond acceptors (Lipinski definition) is 4. The van der Waals surface area contributed by atoms with E-state index in [-0.39, 0.29) is 24.1 Å². The smallest absolute Gasteiger partial charge is 0.132 e. The summed E-state index contributed by atoms with van der Waals surface area (Å²) in [4.78, 5) is 11.5. The zero-order valence-corrected chi connectivity index (χ0v) is 15.9. The average molecular weight is 368 g/mol. The van der Waals surface area contributed by atoms with Crippen molar-refractivity contribution >= 4 is 5.78 Å². The minimum absolute atomic E-state index is 0.0239. The summed E-state index contributed by atoms with van der Waals surface area (Å²) in [6.45, 7) is 3.18. The normalized spacial score (nSPS) is 22.5. The lowest BCUT2D eigenvalue weighted by Gasteiger charge is -2.36. The van der Waals surface area contributed by atoms with E-state index in [0.717, 1.165) is 24.0 Å². The fourth-order valence-electron chi connectivity index (χ4n) is 3.39. The Labute approximate surface area is 161 Å². The summed E-state index contributed by atoms with van der Waals surface area (Å²) >= 11 is 0. The first-order valence-electron chi connectivity index (χ1n) is 9.63. The molecule has 0 spiro atoms. The summed E-state index contributed by atoms with van der Waals surface area (Å²) in [5.41, 5.74) is 2.28. The van der Waals surface area contributed by atoms with Gasteiger partial charge in [-0.15, -0.1) is 0 Å². The summed E-state index contributed by atoms with van der Waals surface area (Å²) in [6.07, 6.45) is 1.96. The van der Waals surface area contributed by atoms with Gasteiger partial charge in [0.15, 0.2) is 0 Å². The number of ketones is 1. The molecule has 1 heterocycles. The van der Waals surface area contributed by atoms with Gasteiger partial charge in [-0.2, -0.15) is 0 Å². The molecule has 144 valence electrons. The van der Waals surface area contributed by atoms with Gasteiger partial charge in [0.05, 0.1) is 32.0 Å². The van der Waals surface area contributed by atoms with Crippen LogP contribution in [0.25, 0.3) is 0 Å². The second-order valence-corrected chi connectivity index (χ2v) is 7.12. The molecule has 1 aliphatic rings. The third kappa shape index (κ3) is 6.58. The summed E-state index contributed by atoms with van der Waals surface area (Å²) < 4.78 is 18.2. The number of rotatable bonds is 9. The van der Waals surface area contributed by atoms with Crippen LogP contribution in [0, 0.1) is 0 Å². The molecule has 0 aromatic heterocycles. The van der Waals surface area contributed by atoms with E-state index in [1.165, 1.54) is 0 Å². The molecule has 0 unspecified atom stereocenters. The Hall–Kier alpha value is -2.01. The van der Waals surface area contributed by atoms with Crippen molar-refractivity contribution in [2.45, 2.75) is 57.7 Å². The maximum absolute atomic E-state index is 11.5. The van der Waals surface area contributed by atoms with E-state index < -0.39 is 0 Å². The quantitative estimate of drug-likeness (QED) is 0.661. The molecule has 3 rings (SSSR count). The molecule has 1 saturated heterocycles. The molecular weight excluding hydrogens is 340 g/mol. The maximum atomic E-state index is 11.5. The third-order valence-corrected chi connectivity index (χ3v) is 4.77. The lowest BCUT2D eigenvalue weighted by Crippen LogP contribution is -2.43. The molecule has 0 radical (unpaired) electrons. The van der Waals surface area contributed by atoms with Gasteiger partial charge >= 0.3 is 0 Å². The zero-order valence-electron chi connectivity index (χ0n) is 15.9. The predicted molar refractivity (Wildman–Crippen MR) is 104 cm³/mol. The van der Waals surface area contributed by atoms with Crippen LogP contribution >= 0.6 is 0 Å². The average Bonchev–Trinajstić information content (AvgIpc) is 2.68. The maximum Gasteiger partial charge on any atom is 0.132 e. The number of Topliss-reactive ketones (excluding diaryl/α,β-unsaturated/α-hetero) is 1. The number of benzene rings is 2. The Morgan fingerprint density at radius 2 is 1.59 bits per heavy atom. The predicted octanol–water partition coefficient (Wildman–Crippen LogP) is 4.32. The fraction of sp³-hybridized carbons (Fsp3) is 0.435. The fourth-order valence-corrected chi connectivity index (χ4v) is 3.39. The van der Waals surface area contributed by atoms with E-state index in [4.69, 9.17) is 14.2 Å². The van der Waals surface area contributed by atoms with Crippen LogP contribution < -0.4 is 0 Å². The van der Waals surface area contributed by atoms with Crippen LogP contribution in [0.5, 0.6) is 0 Å². The minimum atomic E-state index is -0.157. The van der Waals surface area contributed by atoms with Crippen molar-refractivity contribution in [2.24, 2.45) is 0 Å². The van der Waals surface area contributed by atoms with Crippen LogP contribution in [0.3, 0.4) is 0 Å². The zero-order chi connectivity index (χ0) is 18.9. The highest BCUT2D eigenvalue weighted by Gasteiger charge is 2.32. The summed E-state index contributed by atoms with van der Waals surface area (Å²) in [5.74, 6) is 0.160. The molecular formula is C23H28O4. The van der Waals surface area contributed by atoms with Gasteiger partial charge < -0.3 is 14.2 Å². The minimum Gasteiger partial charge on any atom is -0.374 e.